The lowest BCUT2D eigenvalue weighted by molar-refractivity contribution is 0.0578. The molecule has 0 bridgehead atoms. The molecule has 1 N–H and O–H groups in total. The number of pyridine rings is 1. The maximum absolute atomic E-state index is 5.43. The Morgan fingerprint density at radius 1 is 1.50 bits per heavy atom. The molecule has 0 aliphatic carbocycles. The van der Waals surface area contributed by atoms with Crippen LogP contribution in [0.15, 0.2) is 24.5 Å². The molecule has 0 amide bonds. The van der Waals surface area contributed by atoms with Crippen molar-refractivity contribution in [3.05, 3.63) is 30.1 Å². The minimum absolute atomic E-state index is 0.572. The van der Waals surface area contributed by atoms with Gasteiger partial charge in [-0.2, -0.15) is 0 Å². The number of nitrogens with one attached hydrogen (secondary N) is 1. The molecule has 88 valence electrons. The standard InChI is InChI=1S/C13H20N2O/c1-14-10-13(11-4-7-16-8-5-11)12-3-2-6-15-9-12/h2-3,6,9,11,13-14H,4-5,7-8,10H2,1H3. The highest BCUT2D eigenvalue weighted by Gasteiger charge is 2.24. The van der Waals surface area contributed by atoms with Gasteiger partial charge in [0.15, 0.2) is 0 Å². The Balaban J connectivity index is 2.09. The van der Waals surface area contributed by atoms with Crippen LogP contribution < -0.4 is 5.32 Å². The zero-order chi connectivity index (χ0) is 11.2. The first-order chi connectivity index (χ1) is 7.92. The molecule has 2 rings (SSSR count). The quantitative estimate of drug-likeness (QED) is 0.840. The van der Waals surface area contributed by atoms with E-state index in [-0.39, 0.29) is 0 Å². The lowest BCUT2D eigenvalue weighted by Gasteiger charge is -2.30. The van der Waals surface area contributed by atoms with Gasteiger partial charge in [-0.3, -0.25) is 4.98 Å². The second-order valence-electron chi connectivity index (χ2n) is 4.40. The minimum atomic E-state index is 0.572. The summed E-state index contributed by atoms with van der Waals surface area (Å²) < 4.78 is 5.43. The largest absolute Gasteiger partial charge is 0.381 e. The number of hydrogen-bond donors (Lipinski definition) is 1. The SMILES string of the molecule is CNCC(c1cccnc1)C1CCOCC1. The molecule has 1 aromatic heterocycles. The third-order valence-corrected chi connectivity index (χ3v) is 3.37. The van der Waals surface area contributed by atoms with Crippen LogP contribution in [0.5, 0.6) is 0 Å². The Morgan fingerprint density at radius 2 is 2.31 bits per heavy atom. The second kappa shape index (κ2) is 5.97. The van der Waals surface area contributed by atoms with E-state index in [4.69, 9.17) is 4.74 Å². The van der Waals surface area contributed by atoms with E-state index in [1.165, 1.54) is 18.4 Å². The van der Waals surface area contributed by atoms with Crippen molar-refractivity contribution in [1.82, 2.24) is 10.3 Å². The number of nitrogens with zero attached hydrogens (tertiary/aromatic N) is 1. The van der Waals surface area contributed by atoms with E-state index in [9.17, 15) is 0 Å². The highest BCUT2D eigenvalue weighted by Crippen LogP contribution is 2.31. The predicted octanol–water partition coefficient (Wildman–Crippen LogP) is 1.81. The molecule has 3 heteroatoms. The molecule has 0 aromatic carbocycles. The van der Waals surface area contributed by atoms with Crippen molar-refractivity contribution in [1.29, 1.82) is 0 Å². The fraction of sp³-hybridized carbons (Fsp3) is 0.615. The van der Waals surface area contributed by atoms with E-state index in [2.05, 4.69) is 16.4 Å². The monoisotopic (exact) mass is 220 g/mol. The fourth-order valence-electron chi connectivity index (χ4n) is 2.49. The molecule has 16 heavy (non-hydrogen) atoms. The molecule has 1 atom stereocenters. The van der Waals surface area contributed by atoms with E-state index in [1.807, 2.05) is 25.5 Å². The van der Waals surface area contributed by atoms with Gasteiger partial charge >= 0.3 is 0 Å². The topological polar surface area (TPSA) is 34.2 Å². The summed E-state index contributed by atoms with van der Waals surface area (Å²) in [5.74, 6) is 1.30. The van der Waals surface area contributed by atoms with E-state index in [0.717, 1.165) is 25.7 Å². The number of aromatic nitrogens is 1. The fourth-order valence-corrected chi connectivity index (χ4v) is 2.49. The third kappa shape index (κ3) is 2.80. The summed E-state index contributed by atoms with van der Waals surface area (Å²) >= 11 is 0. The smallest absolute Gasteiger partial charge is 0.0468 e. The number of hydrogen-bond acceptors (Lipinski definition) is 3. The van der Waals surface area contributed by atoms with Gasteiger partial charge in [-0.15, -0.1) is 0 Å². The molecule has 0 saturated carbocycles. The van der Waals surface area contributed by atoms with Crippen molar-refractivity contribution in [3.8, 4) is 0 Å². The van der Waals surface area contributed by atoms with Crippen LogP contribution in [0.3, 0.4) is 0 Å². The van der Waals surface area contributed by atoms with Crippen LogP contribution in [-0.4, -0.2) is 31.8 Å². The van der Waals surface area contributed by atoms with Gasteiger partial charge in [-0.05, 0) is 37.4 Å². The van der Waals surface area contributed by atoms with Crippen molar-refractivity contribution in [2.24, 2.45) is 5.92 Å². The molecule has 0 radical (unpaired) electrons. The Kier molecular flexibility index (Phi) is 4.31. The summed E-state index contributed by atoms with van der Waals surface area (Å²) in [6.07, 6.45) is 6.17. The van der Waals surface area contributed by atoms with Crippen molar-refractivity contribution < 1.29 is 4.74 Å². The highest BCUT2D eigenvalue weighted by atomic mass is 16.5. The molecule has 1 aliphatic heterocycles. The van der Waals surface area contributed by atoms with Crippen LogP contribution in [0.25, 0.3) is 0 Å². The molecule has 1 saturated heterocycles. The van der Waals surface area contributed by atoms with Gasteiger partial charge in [-0.25, -0.2) is 0 Å². The summed E-state index contributed by atoms with van der Waals surface area (Å²) in [5, 5.41) is 3.29. The van der Waals surface area contributed by atoms with Gasteiger partial charge in [0.05, 0.1) is 0 Å². The Bertz CT molecular complexity index is 296. The van der Waals surface area contributed by atoms with Crippen molar-refractivity contribution in [2.45, 2.75) is 18.8 Å². The molecule has 1 fully saturated rings. The minimum Gasteiger partial charge on any atom is -0.381 e. The molecule has 2 heterocycles. The first-order valence-corrected chi connectivity index (χ1v) is 6.04. The van der Waals surface area contributed by atoms with E-state index < -0.39 is 0 Å². The lowest BCUT2D eigenvalue weighted by Crippen LogP contribution is -2.28. The maximum atomic E-state index is 5.43. The van der Waals surface area contributed by atoms with E-state index in [1.54, 1.807) is 0 Å². The van der Waals surface area contributed by atoms with E-state index in [0.29, 0.717) is 5.92 Å². The summed E-state index contributed by atoms with van der Waals surface area (Å²) in [4.78, 5) is 4.22. The van der Waals surface area contributed by atoms with Crippen LogP contribution in [-0.2, 0) is 4.74 Å². The Morgan fingerprint density at radius 3 is 2.94 bits per heavy atom. The number of ether oxygens (including phenoxy) is 1. The first kappa shape index (κ1) is 11.6. The average molecular weight is 220 g/mol. The lowest BCUT2D eigenvalue weighted by atomic mass is 9.82. The Labute approximate surface area is 97.2 Å². The molecule has 1 unspecified atom stereocenters. The predicted molar refractivity (Wildman–Crippen MR) is 64.4 cm³/mol. The molecule has 1 aromatic rings. The maximum Gasteiger partial charge on any atom is 0.0468 e. The Hall–Kier alpha value is -0.930. The van der Waals surface area contributed by atoms with Gasteiger partial charge in [0.1, 0.15) is 0 Å². The number of rotatable bonds is 4. The summed E-state index contributed by atoms with van der Waals surface area (Å²) in [5.41, 5.74) is 1.35. The molecular formula is C13H20N2O. The average Bonchev–Trinajstić information content (AvgIpc) is 2.38. The normalized spacial score (nSPS) is 19.6. The highest BCUT2D eigenvalue weighted by molar-refractivity contribution is 5.16. The van der Waals surface area contributed by atoms with Crippen LogP contribution in [0.4, 0.5) is 0 Å². The van der Waals surface area contributed by atoms with Crippen LogP contribution in [0.1, 0.15) is 24.3 Å². The summed E-state index contributed by atoms with van der Waals surface area (Å²) in [6, 6.07) is 4.21. The second-order valence-corrected chi connectivity index (χ2v) is 4.40. The molecule has 0 spiro atoms. The zero-order valence-corrected chi connectivity index (χ0v) is 9.86. The van der Waals surface area contributed by atoms with Crippen molar-refractivity contribution in [3.63, 3.8) is 0 Å². The zero-order valence-electron chi connectivity index (χ0n) is 9.86. The van der Waals surface area contributed by atoms with Gasteiger partial charge < -0.3 is 10.1 Å². The first-order valence-electron chi connectivity index (χ1n) is 6.04. The van der Waals surface area contributed by atoms with E-state index >= 15 is 0 Å². The molecule has 1 aliphatic rings. The van der Waals surface area contributed by atoms with Crippen LogP contribution in [0, 0.1) is 5.92 Å². The summed E-state index contributed by atoms with van der Waals surface area (Å²) in [7, 11) is 2.02. The van der Waals surface area contributed by atoms with Gasteiger partial charge in [0.2, 0.25) is 0 Å². The summed E-state index contributed by atoms with van der Waals surface area (Å²) in [6.45, 7) is 2.84. The van der Waals surface area contributed by atoms with Crippen molar-refractivity contribution in [2.75, 3.05) is 26.8 Å². The third-order valence-electron chi connectivity index (χ3n) is 3.37. The van der Waals surface area contributed by atoms with Crippen LogP contribution in [0.2, 0.25) is 0 Å². The van der Waals surface area contributed by atoms with Crippen LogP contribution >= 0.6 is 0 Å². The van der Waals surface area contributed by atoms with Gasteiger partial charge in [0, 0.05) is 38.1 Å². The number of likely N-dealkylation sites (N-methyl/N-ethyl adjacent to an activating group) is 1. The molecular weight excluding hydrogens is 200 g/mol. The van der Waals surface area contributed by atoms with Gasteiger partial charge in [0.25, 0.3) is 0 Å². The van der Waals surface area contributed by atoms with Crippen molar-refractivity contribution >= 4 is 0 Å². The molecule has 3 nitrogen and oxygen atoms in total. The van der Waals surface area contributed by atoms with Gasteiger partial charge in [-0.1, -0.05) is 6.07 Å².